The maximum Gasteiger partial charge on any atom is 0.243 e. The molecule has 1 atom stereocenters. The summed E-state index contributed by atoms with van der Waals surface area (Å²) >= 11 is 0. The van der Waals surface area contributed by atoms with Crippen LogP contribution in [0.1, 0.15) is 36.1 Å². The predicted octanol–water partition coefficient (Wildman–Crippen LogP) is 4.22. The van der Waals surface area contributed by atoms with Crippen LogP contribution in [0, 0.1) is 5.82 Å². The van der Waals surface area contributed by atoms with E-state index >= 15 is 0 Å². The Kier molecular flexibility index (Phi) is 7.29. The van der Waals surface area contributed by atoms with Crippen LogP contribution >= 0.6 is 0 Å². The van der Waals surface area contributed by atoms with Gasteiger partial charge in [-0.25, -0.2) is 12.8 Å². The molecule has 3 aromatic carbocycles. The number of ether oxygens (including phenoxy) is 1. The Bertz CT molecular complexity index is 1240. The van der Waals surface area contributed by atoms with E-state index in [1.54, 1.807) is 0 Å². The van der Waals surface area contributed by atoms with Gasteiger partial charge in [-0.3, -0.25) is 4.79 Å². The molecule has 1 N–H and O–H groups in total. The van der Waals surface area contributed by atoms with Crippen molar-refractivity contribution in [2.45, 2.75) is 37.2 Å². The lowest BCUT2D eigenvalue weighted by molar-refractivity contribution is -0.122. The summed E-state index contributed by atoms with van der Waals surface area (Å²) in [5, 5.41) is 2.90. The molecule has 0 saturated carbocycles. The second-order valence-corrected chi connectivity index (χ2v) is 9.98. The molecule has 1 heterocycles. The van der Waals surface area contributed by atoms with E-state index in [9.17, 15) is 17.6 Å². The number of hydrogen-bond donors (Lipinski definition) is 1. The minimum atomic E-state index is -3.92. The lowest BCUT2D eigenvalue weighted by atomic mass is 9.92. The van der Waals surface area contributed by atoms with Crippen molar-refractivity contribution in [3.8, 4) is 5.75 Å². The van der Waals surface area contributed by atoms with Crippen LogP contribution in [0.5, 0.6) is 5.75 Å². The average molecular weight is 483 g/mol. The zero-order valence-corrected chi connectivity index (χ0v) is 19.7. The Hall–Kier alpha value is -3.23. The largest absolute Gasteiger partial charge is 0.494 e. The van der Waals surface area contributed by atoms with E-state index in [0.717, 1.165) is 34.6 Å². The third kappa shape index (κ3) is 5.29. The summed E-state index contributed by atoms with van der Waals surface area (Å²) in [7, 11) is -3.92. The molecule has 0 radical (unpaired) electrons. The first-order chi connectivity index (χ1) is 16.4. The average Bonchev–Trinajstić information content (AvgIpc) is 2.84. The van der Waals surface area contributed by atoms with Crippen LogP contribution in [-0.4, -0.2) is 31.8 Å². The van der Waals surface area contributed by atoms with E-state index in [1.165, 1.54) is 16.4 Å². The molecule has 0 aliphatic carbocycles. The van der Waals surface area contributed by atoms with Crippen molar-refractivity contribution >= 4 is 15.9 Å². The number of nitrogens with one attached hydrogen (secondary N) is 1. The fourth-order valence-electron chi connectivity index (χ4n) is 4.19. The van der Waals surface area contributed by atoms with Gasteiger partial charge in [0.05, 0.1) is 17.5 Å². The lowest BCUT2D eigenvalue weighted by Gasteiger charge is -2.36. The zero-order valence-electron chi connectivity index (χ0n) is 18.9. The Labute approximate surface area is 199 Å². The van der Waals surface area contributed by atoms with Crippen LogP contribution in [0.4, 0.5) is 4.39 Å². The molecular weight excluding hydrogens is 455 g/mol. The SMILES string of the molecule is CCOc1ccc(CNC(=O)C[C@H]2c3ccccc3CCN2S(=O)(=O)c2ccc(F)cc2)cc1. The van der Waals surface area contributed by atoms with Crippen molar-refractivity contribution in [3.05, 3.63) is 95.3 Å². The van der Waals surface area contributed by atoms with Gasteiger partial charge in [-0.05, 0) is 66.4 Å². The van der Waals surface area contributed by atoms with E-state index < -0.39 is 21.9 Å². The van der Waals surface area contributed by atoms with Crippen LogP contribution in [0.25, 0.3) is 0 Å². The smallest absolute Gasteiger partial charge is 0.243 e. The first-order valence-corrected chi connectivity index (χ1v) is 12.7. The highest BCUT2D eigenvalue weighted by Crippen LogP contribution is 2.36. The summed E-state index contributed by atoms with van der Waals surface area (Å²) in [6, 6.07) is 19.2. The van der Waals surface area contributed by atoms with Gasteiger partial charge in [0.1, 0.15) is 11.6 Å². The Morgan fingerprint density at radius 1 is 1.06 bits per heavy atom. The normalized spacial score (nSPS) is 16.0. The fourth-order valence-corrected chi connectivity index (χ4v) is 5.79. The van der Waals surface area contributed by atoms with Crippen LogP contribution in [0.15, 0.2) is 77.7 Å². The molecule has 1 aliphatic rings. The Morgan fingerprint density at radius 3 is 2.47 bits per heavy atom. The first kappa shape index (κ1) is 23.9. The molecule has 0 bridgehead atoms. The minimum Gasteiger partial charge on any atom is -0.494 e. The van der Waals surface area contributed by atoms with Crippen LogP contribution in [0.3, 0.4) is 0 Å². The summed E-state index contributed by atoms with van der Waals surface area (Å²) < 4.78 is 47.0. The number of rotatable bonds is 8. The highest BCUT2D eigenvalue weighted by atomic mass is 32.2. The molecule has 1 amide bonds. The second-order valence-electron chi connectivity index (χ2n) is 8.09. The number of carbonyl (C=O) groups is 1. The standard InChI is InChI=1S/C26H27FN2O4S/c1-2-33-22-11-7-19(8-12-22)18-28-26(30)17-25-24-6-4-3-5-20(24)15-16-29(25)34(31,32)23-13-9-21(27)10-14-23/h3-14,25H,2,15-18H2,1H3,(H,28,30)/t25-/m0/s1. The molecule has 0 saturated heterocycles. The topological polar surface area (TPSA) is 75.7 Å². The van der Waals surface area contributed by atoms with Crippen molar-refractivity contribution in [1.29, 1.82) is 0 Å². The summed E-state index contributed by atoms with van der Waals surface area (Å²) in [5.41, 5.74) is 2.75. The Balaban J connectivity index is 1.53. The third-order valence-corrected chi connectivity index (χ3v) is 7.81. The second kappa shape index (κ2) is 10.4. The molecule has 8 heteroatoms. The monoisotopic (exact) mass is 482 g/mol. The molecular formula is C26H27FN2O4S. The van der Waals surface area contributed by atoms with Gasteiger partial charge in [0.15, 0.2) is 0 Å². The molecule has 4 rings (SSSR count). The van der Waals surface area contributed by atoms with Crippen molar-refractivity contribution < 1.29 is 22.3 Å². The van der Waals surface area contributed by atoms with Gasteiger partial charge in [-0.1, -0.05) is 36.4 Å². The van der Waals surface area contributed by atoms with E-state index in [1.807, 2.05) is 55.5 Å². The summed E-state index contributed by atoms with van der Waals surface area (Å²) in [5.74, 6) is 0.00100. The van der Waals surface area contributed by atoms with Crippen molar-refractivity contribution in [3.63, 3.8) is 0 Å². The lowest BCUT2D eigenvalue weighted by Crippen LogP contribution is -2.42. The van der Waals surface area contributed by atoms with Gasteiger partial charge in [0, 0.05) is 19.5 Å². The number of nitrogens with zero attached hydrogens (tertiary/aromatic N) is 1. The highest BCUT2D eigenvalue weighted by molar-refractivity contribution is 7.89. The molecule has 178 valence electrons. The molecule has 6 nitrogen and oxygen atoms in total. The van der Waals surface area contributed by atoms with Gasteiger partial charge in [-0.2, -0.15) is 4.31 Å². The number of amides is 1. The molecule has 0 aromatic heterocycles. The minimum absolute atomic E-state index is 0.00748. The van der Waals surface area contributed by atoms with Gasteiger partial charge in [-0.15, -0.1) is 0 Å². The van der Waals surface area contributed by atoms with E-state index in [4.69, 9.17) is 4.74 Å². The molecule has 0 unspecified atom stereocenters. The summed E-state index contributed by atoms with van der Waals surface area (Å²) in [6.45, 7) is 3.06. The van der Waals surface area contributed by atoms with Crippen LogP contribution in [0.2, 0.25) is 0 Å². The molecule has 3 aromatic rings. The quantitative estimate of drug-likeness (QED) is 0.522. The zero-order chi connectivity index (χ0) is 24.1. The third-order valence-electron chi connectivity index (χ3n) is 5.89. The molecule has 0 fully saturated rings. The fraction of sp³-hybridized carbons (Fsp3) is 0.269. The molecule has 1 aliphatic heterocycles. The maximum atomic E-state index is 13.4. The van der Waals surface area contributed by atoms with E-state index in [0.29, 0.717) is 19.6 Å². The number of sulfonamides is 1. The van der Waals surface area contributed by atoms with Gasteiger partial charge in [0.2, 0.25) is 15.9 Å². The highest BCUT2D eigenvalue weighted by Gasteiger charge is 2.37. The van der Waals surface area contributed by atoms with Gasteiger partial charge in [0.25, 0.3) is 0 Å². The number of halogens is 1. The van der Waals surface area contributed by atoms with Crippen LogP contribution in [-0.2, 0) is 27.8 Å². The van der Waals surface area contributed by atoms with E-state index in [2.05, 4.69) is 5.32 Å². The molecule has 34 heavy (non-hydrogen) atoms. The van der Waals surface area contributed by atoms with Gasteiger partial charge >= 0.3 is 0 Å². The number of fused-ring (bicyclic) bond motifs is 1. The van der Waals surface area contributed by atoms with Crippen molar-refractivity contribution in [2.75, 3.05) is 13.2 Å². The first-order valence-electron chi connectivity index (χ1n) is 11.2. The summed E-state index contributed by atoms with van der Waals surface area (Å²) in [6.07, 6.45) is 0.523. The number of hydrogen-bond acceptors (Lipinski definition) is 4. The predicted molar refractivity (Wildman–Crippen MR) is 127 cm³/mol. The number of benzene rings is 3. The van der Waals surface area contributed by atoms with E-state index in [-0.39, 0.29) is 23.8 Å². The maximum absolute atomic E-state index is 13.4. The number of carbonyl (C=O) groups excluding carboxylic acids is 1. The van der Waals surface area contributed by atoms with Crippen LogP contribution < -0.4 is 10.1 Å². The van der Waals surface area contributed by atoms with Crippen molar-refractivity contribution in [1.82, 2.24) is 9.62 Å². The Morgan fingerprint density at radius 2 is 1.76 bits per heavy atom. The van der Waals surface area contributed by atoms with Crippen molar-refractivity contribution in [2.24, 2.45) is 0 Å². The summed E-state index contributed by atoms with van der Waals surface area (Å²) in [4.78, 5) is 12.9. The van der Waals surface area contributed by atoms with Gasteiger partial charge < -0.3 is 10.1 Å². The molecule has 0 spiro atoms.